The Hall–Kier alpha value is -1.54. The number of nitrogens with one attached hydrogen (secondary N) is 1. The van der Waals surface area contributed by atoms with Gasteiger partial charge in [-0.25, -0.2) is 0 Å². The standard InChI is InChI=1S/C16H18N2/c1-2-15-10-14(6-9-18(15)8-1)13-4-3-12-5-7-17-16(12)11-13/h3-7,11,15,17H,1-2,8-10H2/t15-/m1/s1. The van der Waals surface area contributed by atoms with Gasteiger partial charge in [0.2, 0.25) is 0 Å². The van der Waals surface area contributed by atoms with Gasteiger partial charge >= 0.3 is 0 Å². The minimum Gasteiger partial charge on any atom is -0.361 e. The lowest BCUT2D eigenvalue weighted by molar-refractivity contribution is 0.275. The number of hydrogen-bond donors (Lipinski definition) is 1. The molecule has 0 amide bonds. The van der Waals surface area contributed by atoms with E-state index in [1.807, 2.05) is 6.20 Å². The summed E-state index contributed by atoms with van der Waals surface area (Å²) in [5.41, 5.74) is 4.19. The van der Waals surface area contributed by atoms with E-state index in [0.29, 0.717) is 0 Å². The summed E-state index contributed by atoms with van der Waals surface area (Å²) in [6, 6.07) is 9.72. The second-order valence-electron chi connectivity index (χ2n) is 5.50. The van der Waals surface area contributed by atoms with E-state index in [4.69, 9.17) is 0 Å². The molecule has 1 aromatic carbocycles. The molecule has 0 bridgehead atoms. The fourth-order valence-corrected chi connectivity index (χ4v) is 3.41. The van der Waals surface area contributed by atoms with Crippen LogP contribution in [0.25, 0.3) is 16.5 Å². The Balaban J connectivity index is 1.69. The van der Waals surface area contributed by atoms with Crippen LogP contribution in [0.5, 0.6) is 0 Å². The third kappa shape index (κ3) is 1.60. The van der Waals surface area contributed by atoms with Crippen LogP contribution < -0.4 is 0 Å². The summed E-state index contributed by atoms with van der Waals surface area (Å²) in [6.45, 7) is 2.44. The molecule has 1 fully saturated rings. The monoisotopic (exact) mass is 238 g/mol. The topological polar surface area (TPSA) is 19.0 Å². The van der Waals surface area contributed by atoms with E-state index in [-0.39, 0.29) is 0 Å². The Bertz CT molecular complexity index is 608. The maximum Gasteiger partial charge on any atom is 0.0460 e. The minimum atomic E-state index is 0.796. The summed E-state index contributed by atoms with van der Waals surface area (Å²) in [7, 11) is 0. The summed E-state index contributed by atoms with van der Waals surface area (Å²) >= 11 is 0. The van der Waals surface area contributed by atoms with Gasteiger partial charge < -0.3 is 4.98 Å². The molecule has 2 nitrogen and oxygen atoms in total. The van der Waals surface area contributed by atoms with Gasteiger partial charge in [0.05, 0.1) is 0 Å². The van der Waals surface area contributed by atoms with Crippen LogP contribution in [0.3, 0.4) is 0 Å². The molecular formula is C16H18N2. The molecule has 2 heteroatoms. The molecule has 2 aromatic rings. The molecule has 1 N–H and O–H groups in total. The van der Waals surface area contributed by atoms with Gasteiger partial charge in [0.25, 0.3) is 0 Å². The van der Waals surface area contributed by atoms with E-state index in [2.05, 4.69) is 40.2 Å². The van der Waals surface area contributed by atoms with Crippen LogP contribution in [-0.2, 0) is 0 Å². The van der Waals surface area contributed by atoms with E-state index in [9.17, 15) is 0 Å². The van der Waals surface area contributed by atoms with Crippen LogP contribution in [0.4, 0.5) is 0 Å². The summed E-state index contributed by atoms with van der Waals surface area (Å²) < 4.78 is 0. The largest absolute Gasteiger partial charge is 0.361 e. The Morgan fingerprint density at radius 1 is 1.22 bits per heavy atom. The van der Waals surface area contributed by atoms with Crippen molar-refractivity contribution in [3.63, 3.8) is 0 Å². The molecule has 92 valence electrons. The maximum atomic E-state index is 3.31. The highest BCUT2D eigenvalue weighted by Gasteiger charge is 2.27. The predicted octanol–water partition coefficient (Wildman–Crippen LogP) is 3.42. The van der Waals surface area contributed by atoms with E-state index in [1.54, 1.807) is 0 Å². The van der Waals surface area contributed by atoms with E-state index in [1.165, 1.54) is 47.8 Å². The lowest BCUT2D eigenvalue weighted by Crippen LogP contribution is -2.32. The molecule has 1 atom stereocenters. The highest BCUT2D eigenvalue weighted by atomic mass is 15.2. The van der Waals surface area contributed by atoms with E-state index < -0.39 is 0 Å². The average Bonchev–Trinajstić information content (AvgIpc) is 3.05. The maximum absolute atomic E-state index is 3.31. The van der Waals surface area contributed by atoms with Crippen LogP contribution in [0.1, 0.15) is 24.8 Å². The highest BCUT2D eigenvalue weighted by molar-refractivity contribution is 5.84. The minimum absolute atomic E-state index is 0.796. The van der Waals surface area contributed by atoms with Gasteiger partial charge in [0.15, 0.2) is 0 Å². The third-order valence-corrected chi connectivity index (χ3v) is 4.45. The molecule has 3 heterocycles. The number of aromatic amines is 1. The van der Waals surface area contributed by atoms with E-state index in [0.717, 1.165) is 12.6 Å². The summed E-state index contributed by atoms with van der Waals surface area (Å²) in [5.74, 6) is 0. The number of hydrogen-bond acceptors (Lipinski definition) is 1. The Labute approximate surface area is 107 Å². The molecule has 1 saturated heterocycles. The number of aromatic nitrogens is 1. The Morgan fingerprint density at radius 2 is 2.22 bits per heavy atom. The zero-order valence-corrected chi connectivity index (χ0v) is 10.5. The van der Waals surface area contributed by atoms with Gasteiger partial charge in [-0.2, -0.15) is 0 Å². The molecule has 2 aliphatic rings. The lowest BCUT2D eigenvalue weighted by atomic mass is 9.94. The Morgan fingerprint density at radius 3 is 3.22 bits per heavy atom. The van der Waals surface area contributed by atoms with Gasteiger partial charge in [-0.3, -0.25) is 4.90 Å². The van der Waals surface area contributed by atoms with Crippen molar-refractivity contribution in [2.45, 2.75) is 25.3 Å². The number of nitrogens with zero attached hydrogens (tertiary/aromatic N) is 1. The zero-order valence-electron chi connectivity index (χ0n) is 10.5. The van der Waals surface area contributed by atoms with Crippen molar-refractivity contribution in [2.24, 2.45) is 0 Å². The molecule has 0 radical (unpaired) electrons. The van der Waals surface area contributed by atoms with Crippen LogP contribution in [-0.4, -0.2) is 29.0 Å². The normalized spacial score (nSPS) is 24.2. The van der Waals surface area contributed by atoms with Gasteiger partial charge in [0, 0.05) is 24.3 Å². The highest BCUT2D eigenvalue weighted by Crippen LogP contribution is 2.32. The van der Waals surface area contributed by atoms with Gasteiger partial charge in [-0.1, -0.05) is 18.2 Å². The molecule has 2 aliphatic heterocycles. The van der Waals surface area contributed by atoms with Gasteiger partial charge in [0.1, 0.15) is 0 Å². The fraction of sp³-hybridized carbons (Fsp3) is 0.375. The number of H-pyrrole nitrogens is 1. The fourth-order valence-electron chi connectivity index (χ4n) is 3.41. The summed E-state index contributed by atoms with van der Waals surface area (Å²) in [6.07, 6.45) is 8.42. The summed E-state index contributed by atoms with van der Waals surface area (Å²) in [5, 5.41) is 1.30. The first kappa shape index (κ1) is 10.4. The van der Waals surface area contributed by atoms with Crippen LogP contribution in [0.15, 0.2) is 36.5 Å². The second-order valence-corrected chi connectivity index (χ2v) is 5.50. The van der Waals surface area contributed by atoms with Crippen molar-refractivity contribution >= 4 is 16.5 Å². The molecule has 0 saturated carbocycles. The van der Waals surface area contributed by atoms with Crippen molar-refractivity contribution < 1.29 is 0 Å². The molecule has 1 aromatic heterocycles. The van der Waals surface area contributed by atoms with Crippen molar-refractivity contribution in [3.8, 4) is 0 Å². The van der Waals surface area contributed by atoms with E-state index >= 15 is 0 Å². The Kier molecular flexibility index (Phi) is 2.30. The quantitative estimate of drug-likeness (QED) is 0.806. The van der Waals surface area contributed by atoms with Crippen molar-refractivity contribution in [1.82, 2.24) is 9.88 Å². The van der Waals surface area contributed by atoms with Crippen LogP contribution in [0.2, 0.25) is 0 Å². The molecule has 4 rings (SSSR count). The van der Waals surface area contributed by atoms with Crippen LogP contribution in [0, 0.1) is 0 Å². The molecule has 0 spiro atoms. The molecule has 0 aliphatic carbocycles. The van der Waals surface area contributed by atoms with Gasteiger partial charge in [-0.15, -0.1) is 0 Å². The van der Waals surface area contributed by atoms with Crippen LogP contribution >= 0.6 is 0 Å². The number of fused-ring (bicyclic) bond motifs is 2. The SMILES string of the molecule is C1=C(c2ccc3cc[nH]c3c2)C[C@H]2CCCN2C1. The van der Waals surface area contributed by atoms with Crippen molar-refractivity contribution in [2.75, 3.05) is 13.1 Å². The predicted molar refractivity (Wildman–Crippen MR) is 75.5 cm³/mol. The van der Waals surface area contributed by atoms with Gasteiger partial charge in [-0.05, 0) is 54.5 Å². The average molecular weight is 238 g/mol. The molecule has 0 unspecified atom stereocenters. The van der Waals surface area contributed by atoms with Crippen molar-refractivity contribution in [1.29, 1.82) is 0 Å². The molecular weight excluding hydrogens is 220 g/mol. The van der Waals surface area contributed by atoms with Crippen molar-refractivity contribution in [3.05, 3.63) is 42.1 Å². The third-order valence-electron chi connectivity index (χ3n) is 4.45. The first-order valence-corrected chi connectivity index (χ1v) is 6.91. The first-order chi connectivity index (χ1) is 8.90. The lowest BCUT2D eigenvalue weighted by Gasteiger charge is -2.29. The smallest absolute Gasteiger partial charge is 0.0460 e. The number of benzene rings is 1. The molecule has 18 heavy (non-hydrogen) atoms. The summed E-state index contributed by atoms with van der Waals surface area (Å²) in [4.78, 5) is 5.93. The first-order valence-electron chi connectivity index (χ1n) is 6.91. The second kappa shape index (κ2) is 3.99. The number of rotatable bonds is 1. The zero-order chi connectivity index (χ0) is 11.9.